The van der Waals surface area contributed by atoms with E-state index in [4.69, 9.17) is 13.9 Å². The molecule has 0 N–H and O–H groups in total. The van der Waals surface area contributed by atoms with Crippen LogP contribution in [0.1, 0.15) is 55.4 Å². The highest BCUT2D eigenvalue weighted by Crippen LogP contribution is 2.38. The van der Waals surface area contributed by atoms with E-state index in [1.165, 1.54) is 10.4 Å². The molecule has 2 aromatic rings. The van der Waals surface area contributed by atoms with E-state index in [0.717, 1.165) is 0 Å². The normalized spacial score (nSPS) is 18.9. The summed E-state index contributed by atoms with van der Waals surface area (Å²) < 4.78 is 18.8. The standard InChI is InChI=1S/C27H39NO4Si/c1-25(2,3)32-24(29)28-21(19-30-27(28,7)8)20-31-33(26(4,5)6,22-15-11-9-12-16-22)23-17-13-10-14-18-23/h9-18,21H,19-20H2,1-8H3/t21-/m1/s1. The number of ether oxygens (including phenoxy) is 2. The minimum absolute atomic E-state index is 0.137. The van der Waals surface area contributed by atoms with Gasteiger partial charge in [0.1, 0.15) is 11.3 Å². The summed E-state index contributed by atoms with van der Waals surface area (Å²) in [5, 5.41) is 2.29. The van der Waals surface area contributed by atoms with Crippen LogP contribution in [0.2, 0.25) is 5.04 Å². The molecule has 1 atom stereocenters. The highest BCUT2D eigenvalue weighted by molar-refractivity contribution is 6.99. The van der Waals surface area contributed by atoms with Crippen LogP contribution < -0.4 is 10.4 Å². The first-order chi connectivity index (χ1) is 15.3. The third-order valence-corrected chi connectivity index (χ3v) is 11.1. The molecule has 0 aromatic heterocycles. The van der Waals surface area contributed by atoms with Crippen LogP contribution in [0.3, 0.4) is 0 Å². The maximum Gasteiger partial charge on any atom is 0.412 e. The van der Waals surface area contributed by atoms with Gasteiger partial charge in [0.15, 0.2) is 0 Å². The van der Waals surface area contributed by atoms with Crippen LogP contribution in [-0.2, 0) is 13.9 Å². The van der Waals surface area contributed by atoms with E-state index in [1.54, 1.807) is 4.90 Å². The molecule has 180 valence electrons. The molecular formula is C27H39NO4Si. The SMILES string of the molecule is CC(C)(C)OC(=O)N1[C@@H](CO[Si](c2ccccc2)(c2ccccc2)C(C)(C)C)COC1(C)C. The van der Waals surface area contributed by atoms with Crippen molar-refractivity contribution in [2.45, 2.75) is 77.8 Å². The monoisotopic (exact) mass is 469 g/mol. The average Bonchev–Trinajstić information content (AvgIpc) is 3.02. The molecule has 0 radical (unpaired) electrons. The van der Waals surface area contributed by atoms with Crippen molar-refractivity contribution in [1.29, 1.82) is 0 Å². The zero-order valence-corrected chi connectivity index (χ0v) is 22.3. The Bertz CT molecular complexity index is 893. The second kappa shape index (κ2) is 9.24. The molecule has 0 spiro atoms. The van der Waals surface area contributed by atoms with Crippen LogP contribution in [0.15, 0.2) is 60.7 Å². The molecule has 33 heavy (non-hydrogen) atoms. The minimum atomic E-state index is -2.71. The molecule has 2 aromatic carbocycles. The Balaban J connectivity index is 2.00. The van der Waals surface area contributed by atoms with E-state index in [9.17, 15) is 4.79 Å². The summed E-state index contributed by atoms with van der Waals surface area (Å²) in [6.45, 7) is 17.0. The van der Waals surface area contributed by atoms with Gasteiger partial charge >= 0.3 is 6.09 Å². The number of rotatable bonds is 5. The van der Waals surface area contributed by atoms with Crippen LogP contribution in [-0.4, -0.2) is 49.9 Å². The lowest BCUT2D eigenvalue weighted by atomic mass is 10.2. The van der Waals surface area contributed by atoms with Crippen molar-refractivity contribution in [2.75, 3.05) is 13.2 Å². The number of hydrogen-bond acceptors (Lipinski definition) is 4. The summed E-state index contributed by atoms with van der Waals surface area (Å²) in [5.74, 6) is 0. The van der Waals surface area contributed by atoms with Gasteiger partial charge in [0.25, 0.3) is 8.32 Å². The van der Waals surface area contributed by atoms with Gasteiger partial charge in [0.05, 0.1) is 19.3 Å². The van der Waals surface area contributed by atoms with Gasteiger partial charge in [0.2, 0.25) is 0 Å². The Kier molecular flexibility index (Phi) is 7.13. The Morgan fingerprint density at radius 2 is 1.45 bits per heavy atom. The quantitative estimate of drug-likeness (QED) is 0.582. The lowest BCUT2D eigenvalue weighted by molar-refractivity contribution is -0.0638. The van der Waals surface area contributed by atoms with E-state index in [1.807, 2.05) is 46.8 Å². The zero-order chi connectivity index (χ0) is 24.5. The lowest BCUT2D eigenvalue weighted by Gasteiger charge is -2.44. The predicted molar refractivity (Wildman–Crippen MR) is 135 cm³/mol. The molecule has 1 heterocycles. The molecular weight excluding hydrogens is 430 g/mol. The Morgan fingerprint density at radius 3 is 1.88 bits per heavy atom. The van der Waals surface area contributed by atoms with Crippen LogP contribution in [0, 0.1) is 0 Å². The van der Waals surface area contributed by atoms with Gasteiger partial charge < -0.3 is 13.9 Å². The summed E-state index contributed by atoms with van der Waals surface area (Å²) in [5.41, 5.74) is -1.35. The van der Waals surface area contributed by atoms with Crippen LogP contribution in [0.25, 0.3) is 0 Å². The molecule has 1 fully saturated rings. The van der Waals surface area contributed by atoms with Crippen LogP contribution in [0.4, 0.5) is 4.79 Å². The Morgan fingerprint density at radius 1 is 0.970 bits per heavy atom. The summed E-state index contributed by atoms with van der Waals surface area (Å²) in [6.07, 6.45) is -0.374. The first-order valence-electron chi connectivity index (χ1n) is 11.7. The number of carbonyl (C=O) groups is 1. The van der Waals surface area contributed by atoms with Gasteiger partial charge in [-0.3, -0.25) is 4.90 Å². The number of nitrogens with zero attached hydrogens (tertiary/aromatic N) is 1. The lowest BCUT2D eigenvalue weighted by Crippen LogP contribution is -2.67. The average molecular weight is 470 g/mol. The highest BCUT2D eigenvalue weighted by Gasteiger charge is 2.52. The number of carbonyl (C=O) groups excluding carboxylic acids is 1. The molecule has 1 amide bonds. The molecule has 3 rings (SSSR count). The highest BCUT2D eigenvalue weighted by atomic mass is 28.4. The van der Waals surface area contributed by atoms with E-state index in [2.05, 4.69) is 69.3 Å². The number of hydrogen-bond donors (Lipinski definition) is 0. The van der Waals surface area contributed by atoms with Gasteiger partial charge in [-0.1, -0.05) is 81.4 Å². The summed E-state index contributed by atoms with van der Waals surface area (Å²) in [7, 11) is -2.71. The van der Waals surface area contributed by atoms with Crippen LogP contribution >= 0.6 is 0 Å². The van der Waals surface area contributed by atoms with Crippen molar-refractivity contribution >= 4 is 24.8 Å². The maximum atomic E-state index is 13.1. The molecule has 0 aliphatic carbocycles. The third-order valence-electron chi connectivity index (χ3n) is 6.07. The molecule has 0 bridgehead atoms. The number of benzene rings is 2. The van der Waals surface area contributed by atoms with E-state index >= 15 is 0 Å². The van der Waals surface area contributed by atoms with Gasteiger partial charge in [0, 0.05) is 0 Å². The second-order valence-corrected chi connectivity index (χ2v) is 15.5. The van der Waals surface area contributed by atoms with Gasteiger partial charge in [-0.2, -0.15) is 0 Å². The summed E-state index contributed by atoms with van der Waals surface area (Å²) in [4.78, 5) is 14.8. The second-order valence-electron chi connectivity index (χ2n) is 11.2. The number of amides is 1. The smallest absolute Gasteiger partial charge is 0.412 e. The molecule has 1 aliphatic rings. The van der Waals surface area contributed by atoms with Crippen molar-refractivity contribution in [3.05, 3.63) is 60.7 Å². The largest absolute Gasteiger partial charge is 0.444 e. The molecule has 0 saturated carbocycles. The molecule has 6 heteroatoms. The van der Waals surface area contributed by atoms with E-state index in [0.29, 0.717) is 13.2 Å². The fraction of sp³-hybridized carbons (Fsp3) is 0.519. The van der Waals surface area contributed by atoms with Crippen molar-refractivity contribution < 1.29 is 18.7 Å². The van der Waals surface area contributed by atoms with Crippen molar-refractivity contribution in [2.24, 2.45) is 0 Å². The Labute approximate surface area is 200 Å². The minimum Gasteiger partial charge on any atom is -0.444 e. The zero-order valence-electron chi connectivity index (χ0n) is 21.3. The van der Waals surface area contributed by atoms with Gasteiger partial charge in [-0.25, -0.2) is 4.79 Å². The Hall–Kier alpha value is -2.15. The first kappa shape index (κ1) is 25.5. The van der Waals surface area contributed by atoms with Crippen molar-refractivity contribution in [3.8, 4) is 0 Å². The molecule has 1 saturated heterocycles. The predicted octanol–water partition coefficient (Wildman–Crippen LogP) is 4.94. The van der Waals surface area contributed by atoms with Gasteiger partial charge in [-0.05, 0) is 50.0 Å². The third kappa shape index (κ3) is 5.34. The molecule has 5 nitrogen and oxygen atoms in total. The van der Waals surface area contributed by atoms with Gasteiger partial charge in [-0.15, -0.1) is 0 Å². The fourth-order valence-electron chi connectivity index (χ4n) is 4.67. The summed E-state index contributed by atoms with van der Waals surface area (Å²) >= 11 is 0. The van der Waals surface area contributed by atoms with Crippen molar-refractivity contribution in [1.82, 2.24) is 4.90 Å². The topological polar surface area (TPSA) is 48.0 Å². The first-order valence-corrected chi connectivity index (χ1v) is 13.6. The van der Waals surface area contributed by atoms with E-state index in [-0.39, 0.29) is 17.2 Å². The molecule has 1 aliphatic heterocycles. The maximum absolute atomic E-state index is 13.1. The van der Waals surface area contributed by atoms with Crippen LogP contribution in [0.5, 0.6) is 0 Å². The van der Waals surface area contributed by atoms with Crippen molar-refractivity contribution in [3.63, 3.8) is 0 Å². The molecule has 0 unspecified atom stereocenters. The summed E-state index contributed by atoms with van der Waals surface area (Å²) in [6, 6.07) is 20.8. The fourth-order valence-corrected chi connectivity index (χ4v) is 9.27. The van der Waals surface area contributed by atoms with E-state index < -0.39 is 19.6 Å².